The van der Waals surface area contributed by atoms with E-state index in [9.17, 15) is 0 Å². The summed E-state index contributed by atoms with van der Waals surface area (Å²) in [5, 5.41) is 12.2. The van der Waals surface area contributed by atoms with E-state index in [2.05, 4.69) is 33.4 Å². The lowest BCUT2D eigenvalue weighted by molar-refractivity contribution is 0.198. The van der Waals surface area contributed by atoms with Crippen LogP contribution in [-0.2, 0) is 11.3 Å². The molecule has 0 atom stereocenters. The van der Waals surface area contributed by atoms with Crippen molar-refractivity contribution >= 4 is 15.9 Å². The second kappa shape index (κ2) is 7.79. The molecular weight excluding hydrogens is 332 g/mol. The number of hydrogen-bond acceptors (Lipinski definition) is 4. The minimum Gasteiger partial charge on any atom is -0.493 e. The summed E-state index contributed by atoms with van der Waals surface area (Å²) < 4.78 is 12.1. The van der Waals surface area contributed by atoms with Crippen LogP contribution < -0.4 is 10.1 Å². The molecular formula is C16H21BrN2O2. The number of halogens is 1. The molecule has 1 saturated carbocycles. The van der Waals surface area contributed by atoms with Gasteiger partial charge in [0.05, 0.1) is 19.3 Å². The largest absolute Gasteiger partial charge is 0.493 e. The van der Waals surface area contributed by atoms with Crippen LogP contribution in [0.4, 0.5) is 0 Å². The Hall–Kier alpha value is -1.09. The van der Waals surface area contributed by atoms with Gasteiger partial charge >= 0.3 is 0 Å². The Bertz CT molecular complexity index is 509. The van der Waals surface area contributed by atoms with E-state index in [0.29, 0.717) is 19.6 Å². The predicted molar refractivity (Wildman–Crippen MR) is 85.1 cm³/mol. The average molecular weight is 353 g/mol. The molecule has 0 unspecified atom stereocenters. The zero-order chi connectivity index (χ0) is 15.1. The summed E-state index contributed by atoms with van der Waals surface area (Å²) in [5.74, 6) is 0.896. The Morgan fingerprint density at radius 1 is 1.43 bits per heavy atom. The minimum absolute atomic E-state index is 0.0998. The van der Waals surface area contributed by atoms with Gasteiger partial charge in [0.25, 0.3) is 0 Å². The van der Waals surface area contributed by atoms with Crippen molar-refractivity contribution in [1.29, 1.82) is 5.26 Å². The molecule has 21 heavy (non-hydrogen) atoms. The normalized spacial score (nSPS) is 15.5. The highest BCUT2D eigenvalue weighted by atomic mass is 79.9. The smallest absolute Gasteiger partial charge is 0.123 e. The molecule has 114 valence electrons. The third kappa shape index (κ3) is 4.99. The van der Waals surface area contributed by atoms with E-state index < -0.39 is 0 Å². The van der Waals surface area contributed by atoms with Crippen molar-refractivity contribution in [2.75, 3.05) is 26.9 Å². The number of nitriles is 1. The van der Waals surface area contributed by atoms with Crippen molar-refractivity contribution in [3.63, 3.8) is 0 Å². The highest BCUT2D eigenvalue weighted by molar-refractivity contribution is 9.10. The molecule has 2 rings (SSSR count). The molecule has 0 bridgehead atoms. The van der Waals surface area contributed by atoms with Gasteiger partial charge in [-0.2, -0.15) is 5.26 Å². The van der Waals surface area contributed by atoms with Crippen LogP contribution in [0.2, 0.25) is 0 Å². The van der Waals surface area contributed by atoms with Crippen LogP contribution in [0.1, 0.15) is 24.8 Å². The molecule has 0 aromatic heterocycles. The molecule has 0 radical (unpaired) electrons. The third-order valence-electron chi connectivity index (χ3n) is 3.77. The SMILES string of the molecule is COCCNCc1cc(Br)ccc1OCC1(CC#N)CC1. The zero-order valence-electron chi connectivity index (χ0n) is 12.3. The first-order valence-electron chi connectivity index (χ1n) is 7.17. The molecule has 0 aliphatic heterocycles. The molecule has 0 spiro atoms. The maximum atomic E-state index is 8.86. The first-order chi connectivity index (χ1) is 10.2. The molecule has 4 nitrogen and oxygen atoms in total. The van der Waals surface area contributed by atoms with Crippen LogP contribution in [0.3, 0.4) is 0 Å². The van der Waals surface area contributed by atoms with Crippen molar-refractivity contribution in [2.45, 2.75) is 25.8 Å². The number of nitrogens with one attached hydrogen (secondary N) is 1. The standard InChI is InChI=1S/C16H21BrN2O2/c1-20-9-8-19-11-13-10-14(17)2-3-15(13)21-12-16(4-5-16)6-7-18/h2-3,10,19H,4-6,8-9,11-12H2,1H3. The van der Waals surface area contributed by atoms with Gasteiger partial charge in [-0.15, -0.1) is 0 Å². The Morgan fingerprint density at radius 3 is 2.90 bits per heavy atom. The maximum Gasteiger partial charge on any atom is 0.123 e. The average Bonchev–Trinajstić information content (AvgIpc) is 3.23. The van der Waals surface area contributed by atoms with Crippen molar-refractivity contribution in [2.24, 2.45) is 5.41 Å². The zero-order valence-corrected chi connectivity index (χ0v) is 13.9. The Balaban J connectivity index is 1.93. The fraction of sp³-hybridized carbons (Fsp3) is 0.562. The van der Waals surface area contributed by atoms with Crippen LogP contribution in [0.25, 0.3) is 0 Å². The number of benzene rings is 1. The second-order valence-corrected chi connectivity index (χ2v) is 6.46. The molecule has 1 aromatic rings. The number of methoxy groups -OCH3 is 1. The molecule has 0 heterocycles. The second-order valence-electron chi connectivity index (χ2n) is 5.55. The Morgan fingerprint density at radius 2 is 2.24 bits per heavy atom. The number of ether oxygens (including phenoxy) is 2. The number of nitrogens with zero attached hydrogens (tertiary/aromatic N) is 1. The Labute approximate surface area is 134 Å². The van der Waals surface area contributed by atoms with Crippen LogP contribution in [0.15, 0.2) is 22.7 Å². The van der Waals surface area contributed by atoms with Gasteiger partial charge in [0, 0.05) is 42.1 Å². The lowest BCUT2D eigenvalue weighted by Crippen LogP contribution is -2.20. The van der Waals surface area contributed by atoms with E-state index in [1.165, 1.54) is 0 Å². The summed E-state index contributed by atoms with van der Waals surface area (Å²) in [6.07, 6.45) is 2.78. The number of rotatable bonds is 9. The van der Waals surface area contributed by atoms with E-state index in [4.69, 9.17) is 14.7 Å². The van der Waals surface area contributed by atoms with Gasteiger partial charge in [0.15, 0.2) is 0 Å². The van der Waals surface area contributed by atoms with Gasteiger partial charge < -0.3 is 14.8 Å². The lowest BCUT2D eigenvalue weighted by atomic mass is 10.1. The number of hydrogen-bond donors (Lipinski definition) is 1. The minimum atomic E-state index is 0.0998. The summed E-state index contributed by atoms with van der Waals surface area (Å²) in [5.41, 5.74) is 1.22. The molecule has 0 amide bonds. The summed E-state index contributed by atoms with van der Waals surface area (Å²) >= 11 is 3.50. The summed E-state index contributed by atoms with van der Waals surface area (Å²) in [6.45, 7) is 2.87. The lowest BCUT2D eigenvalue weighted by Gasteiger charge is -2.16. The van der Waals surface area contributed by atoms with Gasteiger partial charge in [-0.3, -0.25) is 0 Å². The fourth-order valence-electron chi connectivity index (χ4n) is 2.17. The van der Waals surface area contributed by atoms with Crippen LogP contribution in [0, 0.1) is 16.7 Å². The van der Waals surface area contributed by atoms with Crippen LogP contribution in [-0.4, -0.2) is 26.9 Å². The van der Waals surface area contributed by atoms with Crippen molar-refractivity contribution in [3.8, 4) is 11.8 Å². The van der Waals surface area contributed by atoms with Gasteiger partial charge in [-0.05, 0) is 31.0 Å². The quantitative estimate of drug-likeness (QED) is 0.693. The monoisotopic (exact) mass is 352 g/mol. The molecule has 1 aromatic carbocycles. The molecule has 0 saturated heterocycles. The molecule has 1 N–H and O–H groups in total. The highest BCUT2D eigenvalue weighted by Gasteiger charge is 2.43. The van der Waals surface area contributed by atoms with Gasteiger partial charge in [-0.1, -0.05) is 15.9 Å². The van der Waals surface area contributed by atoms with E-state index in [1.54, 1.807) is 7.11 Å². The Kier molecular flexibility index (Phi) is 6.04. The van der Waals surface area contributed by atoms with Crippen molar-refractivity contribution in [1.82, 2.24) is 5.32 Å². The van der Waals surface area contributed by atoms with Crippen molar-refractivity contribution < 1.29 is 9.47 Å². The fourth-order valence-corrected chi connectivity index (χ4v) is 2.58. The summed E-state index contributed by atoms with van der Waals surface area (Å²) in [6, 6.07) is 8.30. The van der Waals surface area contributed by atoms with E-state index in [1.807, 2.05) is 12.1 Å². The van der Waals surface area contributed by atoms with Crippen LogP contribution >= 0.6 is 15.9 Å². The summed E-state index contributed by atoms with van der Waals surface area (Å²) in [4.78, 5) is 0. The van der Waals surface area contributed by atoms with E-state index in [0.717, 1.165) is 41.7 Å². The predicted octanol–water partition coefficient (Wildman–Crippen LogP) is 3.26. The first kappa shape index (κ1) is 16.3. The maximum absolute atomic E-state index is 8.86. The molecule has 1 aliphatic rings. The van der Waals surface area contributed by atoms with E-state index >= 15 is 0 Å². The topological polar surface area (TPSA) is 54.3 Å². The van der Waals surface area contributed by atoms with Gasteiger partial charge in [0.1, 0.15) is 5.75 Å². The van der Waals surface area contributed by atoms with Gasteiger partial charge in [0.2, 0.25) is 0 Å². The molecule has 5 heteroatoms. The molecule has 1 aliphatic carbocycles. The van der Waals surface area contributed by atoms with Gasteiger partial charge in [-0.25, -0.2) is 0 Å². The van der Waals surface area contributed by atoms with Crippen LogP contribution in [0.5, 0.6) is 5.75 Å². The van der Waals surface area contributed by atoms with E-state index in [-0.39, 0.29) is 5.41 Å². The first-order valence-corrected chi connectivity index (χ1v) is 7.96. The van der Waals surface area contributed by atoms with Crippen molar-refractivity contribution in [3.05, 3.63) is 28.2 Å². The summed E-state index contributed by atoms with van der Waals surface area (Å²) in [7, 11) is 1.69. The third-order valence-corrected chi connectivity index (χ3v) is 4.26. The molecule has 1 fully saturated rings. The highest BCUT2D eigenvalue weighted by Crippen LogP contribution is 2.48.